The molecule has 1 heterocycles. The third-order valence-electron chi connectivity index (χ3n) is 3.65. The summed E-state index contributed by atoms with van der Waals surface area (Å²) in [4.78, 5) is 0.396. The van der Waals surface area contributed by atoms with Crippen molar-refractivity contribution in [3.8, 4) is 0 Å². The minimum absolute atomic E-state index is 0.00900. The summed E-state index contributed by atoms with van der Waals surface area (Å²) in [6, 6.07) is 5.03. The number of hydrogen-bond acceptors (Lipinski definition) is 4. The fourth-order valence-corrected chi connectivity index (χ4v) is 4.30. The molecule has 0 amide bonds. The standard InChI is InChI=1S/C14H21NO3S/c1-10-3-4-14(11(2)7-10)19(16,17)9-13(15)12-5-6-18-8-12/h3-4,7,12-13H,5-6,8-9,15H2,1-2H3. The molecule has 4 nitrogen and oxygen atoms in total. The lowest BCUT2D eigenvalue weighted by molar-refractivity contribution is 0.182. The number of nitrogens with two attached hydrogens (primary N) is 1. The molecule has 106 valence electrons. The van der Waals surface area contributed by atoms with Crippen molar-refractivity contribution in [3.63, 3.8) is 0 Å². The average molecular weight is 283 g/mol. The van der Waals surface area contributed by atoms with Crippen LogP contribution in [0, 0.1) is 19.8 Å². The number of ether oxygens (including phenoxy) is 1. The minimum Gasteiger partial charge on any atom is -0.381 e. The molecular weight excluding hydrogens is 262 g/mol. The Bertz CT molecular complexity index is 548. The predicted molar refractivity (Wildman–Crippen MR) is 74.9 cm³/mol. The molecule has 2 unspecified atom stereocenters. The number of benzene rings is 1. The smallest absolute Gasteiger partial charge is 0.180 e. The quantitative estimate of drug-likeness (QED) is 0.908. The van der Waals surface area contributed by atoms with E-state index in [-0.39, 0.29) is 17.7 Å². The second kappa shape index (κ2) is 5.61. The lowest BCUT2D eigenvalue weighted by Crippen LogP contribution is -2.37. The first kappa shape index (κ1) is 14.5. The Hall–Kier alpha value is -0.910. The van der Waals surface area contributed by atoms with E-state index in [1.54, 1.807) is 6.07 Å². The van der Waals surface area contributed by atoms with Gasteiger partial charge in [0.25, 0.3) is 0 Å². The molecule has 0 aliphatic carbocycles. The maximum atomic E-state index is 12.4. The van der Waals surface area contributed by atoms with Crippen LogP contribution in [0.15, 0.2) is 23.1 Å². The van der Waals surface area contributed by atoms with Crippen LogP contribution in [0.5, 0.6) is 0 Å². The molecule has 0 bridgehead atoms. The van der Waals surface area contributed by atoms with Crippen LogP contribution in [0.4, 0.5) is 0 Å². The van der Waals surface area contributed by atoms with Crippen molar-refractivity contribution < 1.29 is 13.2 Å². The summed E-state index contributed by atoms with van der Waals surface area (Å²) in [5.74, 6) is 0.144. The van der Waals surface area contributed by atoms with Crippen molar-refractivity contribution in [3.05, 3.63) is 29.3 Å². The fourth-order valence-electron chi connectivity index (χ4n) is 2.52. The normalized spacial score (nSPS) is 21.5. The van der Waals surface area contributed by atoms with Crippen LogP contribution in [-0.4, -0.2) is 33.4 Å². The Balaban J connectivity index is 2.17. The largest absolute Gasteiger partial charge is 0.381 e. The molecule has 2 atom stereocenters. The van der Waals surface area contributed by atoms with Gasteiger partial charge >= 0.3 is 0 Å². The third-order valence-corrected chi connectivity index (χ3v) is 5.60. The Morgan fingerprint density at radius 2 is 2.16 bits per heavy atom. The molecule has 2 rings (SSSR count). The van der Waals surface area contributed by atoms with Gasteiger partial charge in [-0.3, -0.25) is 0 Å². The highest BCUT2D eigenvalue weighted by Gasteiger charge is 2.28. The fraction of sp³-hybridized carbons (Fsp3) is 0.571. The second-order valence-corrected chi connectivity index (χ2v) is 7.34. The Morgan fingerprint density at radius 1 is 1.42 bits per heavy atom. The van der Waals surface area contributed by atoms with E-state index in [0.717, 1.165) is 17.5 Å². The van der Waals surface area contributed by atoms with Gasteiger partial charge in [-0.15, -0.1) is 0 Å². The van der Waals surface area contributed by atoms with Gasteiger partial charge in [-0.25, -0.2) is 8.42 Å². The lowest BCUT2D eigenvalue weighted by atomic mass is 10.0. The van der Waals surface area contributed by atoms with E-state index in [1.165, 1.54) is 0 Å². The van der Waals surface area contributed by atoms with E-state index < -0.39 is 9.84 Å². The predicted octanol–water partition coefficient (Wildman–Crippen LogP) is 1.44. The van der Waals surface area contributed by atoms with Crippen molar-refractivity contribution in [2.45, 2.75) is 31.2 Å². The zero-order chi connectivity index (χ0) is 14.0. The Kier molecular flexibility index (Phi) is 4.28. The lowest BCUT2D eigenvalue weighted by Gasteiger charge is -2.18. The third kappa shape index (κ3) is 3.35. The van der Waals surface area contributed by atoms with Crippen molar-refractivity contribution in [2.75, 3.05) is 19.0 Å². The molecule has 1 saturated heterocycles. The summed E-state index contributed by atoms with van der Waals surface area (Å²) in [6.45, 7) is 5.03. The molecular formula is C14H21NO3S. The minimum atomic E-state index is -3.32. The first-order valence-electron chi connectivity index (χ1n) is 6.53. The molecule has 1 aliphatic rings. The van der Waals surface area contributed by atoms with E-state index in [4.69, 9.17) is 10.5 Å². The van der Waals surface area contributed by atoms with Crippen molar-refractivity contribution in [1.29, 1.82) is 0 Å². The zero-order valence-electron chi connectivity index (χ0n) is 11.4. The van der Waals surface area contributed by atoms with E-state index >= 15 is 0 Å². The van der Waals surface area contributed by atoms with Crippen LogP contribution in [0.2, 0.25) is 0 Å². The van der Waals surface area contributed by atoms with Crippen LogP contribution in [0.25, 0.3) is 0 Å². The molecule has 0 spiro atoms. The summed E-state index contributed by atoms with van der Waals surface area (Å²) >= 11 is 0. The second-order valence-electron chi connectivity index (χ2n) is 5.34. The molecule has 2 N–H and O–H groups in total. The monoisotopic (exact) mass is 283 g/mol. The molecule has 1 fully saturated rings. The van der Waals surface area contributed by atoms with Gasteiger partial charge < -0.3 is 10.5 Å². The number of aryl methyl sites for hydroxylation is 2. The van der Waals surface area contributed by atoms with Crippen LogP contribution in [-0.2, 0) is 14.6 Å². The molecule has 19 heavy (non-hydrogen) atoms. The first-order valence-corrected chi connectivity index (χ1v) is 8.19. The number of hydrogen-bond donors (Lipinski definition) is 1. The van der Waals surface area contributed by atoms with E-state index in [1.807, 2.05) is 26.0 Å². The van der Waals surface area contributed by atoms with Crippen LogP contribution in [0.3, 0.4) is 0 Å². The van der Waals surface area contributed by atoms with Gasteiger partial charge in [-0.2, -0.15) is 0 Å². The van der Waals surface area contributed by atoms with Gasteiger partial charge in [-0.1, -0.05) is 17.7 Å². The molecule has 1 aliphatic heterocycles. The van der Waals surface area contributed by atoms with Crippen molar-refractivity contribution >= 4 is 9.84 Å². The highest BCUT2D eigenvalue weighted by molar-refractivity contribution is 7.91. The maximum Gasteiger partial charge on any atom is 0.180 e. The number of sulfone groups is 1. The van der Waals surface area contributed by atoms with Gasteiger partial charge in [-0.05, 0) is 31.9 Å². The molecule has 1 aromatic carbocycles. The number of rotatable bonds is 4. The van der Waals surface area contributed by atoms with Gasteiger partial charge in [0, 0.05) is 18.6 Å². The van der Waals surface area contributed by atoms with Gasteiger partial charge in [0.2, 0.25) is 0 Å². The van der Waals surface area contributed by atoms with Gasteiger partial charge in [0.05, 0.1) is 17.3 Å². The summed E-state index contributed by atoms with van der Waals surface area (Å²) in [5.41, 5.74) is 7.87. The Labute approximate surface area is 114 Å². The molecule has 0 radical (unpaired) electrons. The molecule has 5 heteroatoms. The highest BCUT2D eigenvalue weighted by atomic mass is 32.2. The molecule has 0 aromatic heterocycles. The first-order chi connectivity index (χ1) is 8.90. The Morgan fingerprint density at radius 3 is 2.74 bits per heavy atom. The highest BCUT2D eigenvalue weighted by Crippen LogP contribution is 2.22. The summed E-state index contributed by atoms with van der Waals surface area (Å²) in [6.07, 6.45) is 0.851. The van der Waals surface area contributed by atoms with Gasteiger partial charge in [0.15, 0.2) is 9.84 Å². The maximum absolute atomic E-state index is 12.4. The summed E-state index contributed by atoms with van der Waals surface area (Å²) in [5, 5.41) is 0. The zero-order valence-corrected chi connectivity index (χ0v) is 12.2. The van der Waals surface area contributed by atoms with Crippen molar-refractivity contribution in [1.82, 2.24) is 0 Å². The summed E-state index contributed by atoms with van der Waals surface area (Å²) in [7, 11) is -3.32. The summed E-state index contributed by atoms with van der Waals surface area (Å²) < 4.78 is 30.1. The van der Waals surface area contributed by atoms with Crippen molar-refractivity contribution in [2.24, 2.45) is 11.7 Å². The topological polar surface area (TPSA) is 69.4 Å². The van der Waals surface area contributed by atoms with E-state index in [0.29, 0.717) is 18.1 Å². The average Bonchev–Trinajstić information content (AvgIpc) is 2.80. The van der Waals surface area contributed by atoms with Crippen LogP contribution < -0.4 is 5.73 Å². The molecule has 0 saturated carbocycles. The van der Waals surface area contributed by atoms with E-state index in [2.05, 4.69) is 0 Å². The van der Waals surface area contributed by atoms with Gasteiger partial charge in [0.1, 0.15) is 0 Å². The van der Waals surface area contributed by atoms with Crippen LogP contribution >= 0.6 is 0 Å². The molecule has 1 aromatic rings. The van der Waals surface area contributed by atoms with Crippen LogP contribution in [0.1, 0.15) is 17.5 Å². The SMILES string of the molecule is Cc1ccc(S(=O)(=O)CC(N)C2CCOC2)c(C)c1. The van der Waals surface area contributed by atoms with E-state index in [9.17, 15) is 8.42 Å².